The fourth-order valence-corrected chi connectivity index (χ4v) is 5.92. The maximum absolute atomic E-state index is 13.1. The second-order valence-corrected chi connectivity index (χ2v) is 10.4. The first-order chi connectivity index (χ1) is 16.9. The van der Waals surface area contributed by atoms with Crippen LogP contribution in [0.1, 0.15) is 12.0 Å². The summed E-state index contributed by atoms with van der Waals surface area (Å²) < 4.78 is 34.3. The van der Waals surface area contributed by atoms with E-state index in [2.05, 4.69) is 9.71 Å². The zero-order valence-electron chi connectivity index (χ0n) is 19.3. The molecule has 1 amide bonds. The number of hydrogen-bond acceptors (Lipinski definition) is 6. The molecule has 9 heteroatoms. The lowest BCUT2D eigenvalue weighted by atomic mass is 10.1. The van der Waals surface area contributed by atoms with Crippen molar-refractivity contribution in [2.24, 2.45) is 5.92 Å². The standard InChI is InChI=1S/C26H26N4O4S/c1-34-25-21-7-3-2-5-17(21)9-11-23(25)35(32,33)28-15-18-13-14-30(26(18)31)16-19-6-4-8-22-20(19)10-12-24(27)29-22/h2-12,18,28H,13-16H2,1H3,(H2,27,29)/t18-/m0/s1. The molecule has 4 aromatic rings. The molecular formula is C26H26N4O4S. The van der Waals surface area contributed by atoms with Crippen LogP contribution in [0.4, 0.5) is 5.82 Å². The van der Waals surface area contributed by atoms with Gasteiger partial charge < -0.3 is 15.4 Å². The number of methoxy groups -OCH3 is 1. The Morgan fingerprint density at radius 1 is 1.06 bits per heavy atom. The normalized spacial score (nSPS) is 16.3. The summed E-state index contributed by atoms with van der Waals surface area (Å²) >= 11 is 0. The summed E-state index contributed by atoms with van der Waals surface area (Å²) in [5, 5.41) is 2.55. The summed E-state index contributed by atoms with van der Waals surface area (Å²) in [6, 6.07) is 20.1. The monoisotopic (exact) mass is 490 g/mol. The van der Waals surface area contributed by atoms with Crippen LogP contribution >= 0.6 is 0 Å². The van der Waals surface area contributed by atoms with Gasteiger partial charge in [0.25, 0.3) is 0 Å². The van der Waals surface area contributed by atoms with Crippen LogP contribution in [0, 0.1) is 5.92 Å². The van der Waals surface area contributed by atoms with Gasteiger partial charge in [-0.2, -0.15) is 0 Å². The molecule has 1 aliphatic heterocycles. The third-order valence-electron chi connectivity index (χ3n) is 6.47. The van der Waals surface area contributed by atoms with Gasteiger partial charge in [0, 0.05) is 30.4 Å². The number of sulfonamides is 1. The molecule has 0 unspecified atom stereocenters. The van der Waals surface area contributed by atoms with Crippen molar-refractivity contribution in [2.75, 3.05) is 25.9 Å². The van der Waals surface area contributed by atoms with Crippen molar-refractivity contribution < 1.29 is 17.9 Å². The number of carbonyl (C=O) groups is 1. The minimum atomic E-state index is -3.88. The smallest absolute Gasteiger partial charge is 0.244 e. The van der Waals surface area contributed by atoms with Gasteiger partial charge in [-0.3, -0.25) is 4.79 Å². The van der Waals surface area contributed by atoms with Gasteiger partial charge in [-0.1, -0.05) is 42.5 Å². The molecule has 8 nitrogen and oxygen atoms in total. The number of likely N-dealkylation sites (tertiary alicyclic amines) is 1. The second-order valence-electron chi connectivity index (χ2n) is 8.64. The first-order valence-electron chi connectivity index (χ1n) is 11.4. The molecule has 2 heterocycles. The lowest BCUT2D eigenvalue weighted by molar-refractivity contribution is -0.131. The predicted molar refractivity (Wildman–Crippen MR) is 135 cm³/mol. The maximum atomic E-state index is 13.1. The van der Waals surface area contributed by atoms with E-state index in [9.17, 15) is 13.2 Å². The van der Waals surface area contributed by atoms with Crippen molar-refractivity contribution in [1.29, 1.82) is 0 Å². The van der Waals surface area contributed by atoms with Gasteiger partial charge in [-0.25, -0.2) is 18.1 Å². The van der Waals surface area contributed by atoms with Gasteiger partial charge in [0.2, 0.25) is 15.9 Å². The van der Waals surface area contributed by atoms with Gasteiger partial charge in [-0.05, 0) is 41.6 Å². The maximum Gasteiger partial charge on any atom is 0.244 e. The Morgan fingerprint density at radius 2 is 1.89 bits per heavy atom. The van der Waals surface area contributed by atoms with Crippen LogP contribution in [0.5, 0.6) is 5.75 Å². The van der Waals surface area contributed by atoms with Gasteiger partial charge in [-0.15, -0.1) is 0 Å². The highest BCUT2D eigenvalue weighted by Gasteiger charge is 2.33. The van der Waals surface area contributed by atoms with Crippen molar-refractivity contribution in [3.05, 3.63) is 72.3 Å². The first-order valence-corrected chi connectivity index (χ1v) is 12.8. The largest absolute Gasteiger partial charge is 0.495 e. The third-order valence-corrected chi connectivity index (χ3v) is 7.92. The topological polar surface area (TPSA) is 115 Å². The van der Waals surface area contributed by atoms with Crippen LogP contribution in [-0.4, -0.2) is 44.4 Å². The molecule has 35 heavy (non-hydrogen) atoms. The fraction of sp³-hybridized carbons (Fsp3) is 0.231. The van der Waals surface area contributed by atoms with Crippen molar-refractivity contribution >= 4 is 43.4 Å². The molecule has 1 fully saturated rings. The van der Waals surface area contributed by atoms with Gasteiger partial charge in [0.15, 0.2) is 0 Å². The van der Waals surface area contributed by atoms with Crippen LogP contribution < -0.4 is 15.2 Å². The Hall–Kier alpha value is -3.69. The van der Waals surface area contributed by atoms with Gasteiger partial charge >= 0.3 is 0 Å². The Balaban J connectivity index is 1.30. The quantitative estimate of drug-likeness (QED) is 0.411. The molecular weight excluding hydrogens is 464 g/mol. The van der Waals surface area contributed by atoms with Crippen LogP contribution in [0.2, 0.25) is 0 Å². The molecule has 0 radical (unpaired) electrons. The molecule has 1 aromatic heterocycles. The molecule has 0 spiro atoms. The molecule has 3 N–H and O–H groups in total. The number of hydrogen-bond donors (Lipinski definition) is 2. The number of nitrogens with two attached hydrogens (primary N) is 1. The number of nitrogens with one attached hydrogen (secondary N) is 1. The molecule has 5 rings (SSSR count). The van der Waals surface area contributed by atoms with Crippen LogP contribution in [0.3, 0.4) is 0 Å². The fourth-order valence-electron chi connectivity index (χ4n) is 4.66. The van der Waals surface area contributed by atoms with E-state index < -0.39 is 15.9 Å². The van der Waals surface area contributed by atoms with Crippen molar-refractivity contribution in [3.8, 4) is 5.75 Å². The number of pyridine rings is 1. The molecule has 1 atom stereocenters. The number of carbonyl (C=O) groups excluding carboxylic acids is 1. The van der Waals surface area contributed by atoms with E-state index in [4.69, 9.17) is 10.5 Å². The number of rotatable bonds is 7. The van der Waals surface area contributed by atoms with Crippen LogP contribution in [0.15, 0.2) is 71.6 Å². The average molecular weight is 491 g/mol. The zero-order valence-corrected chi connectivity index (χ0v) is 20.1. The highest BCUT2D eigenvalue weighted by atomic mass is 32.2. The summed E-state index contributed by atoms with van der Waals surface area (Å²) in [6.07, 6.45) is 0.576. The first kappa shape index (κ1) is 23.1. The predicted octanol–water partition coefficient (Wildman–Crippen LogP) is 3.31. The summed E-state index contributed by atoms with van der Waals surface area (Å²) in [6.45, 7) is 1.02. The summed E-state index contributed by atoms with van der Waals surface area (Å²) in [4.78, 5) is 19.3. The number of benzene rings is 3. The average Bonchev–Trinajstić information content (AvgIpc) is 3.20. The Bertz CT molecular complexity index is 1540. The van der Waals surface area contributed by atoms with Crippen molar-refractivity contribution in [1.82, 2.24) is 14.6 Å². The Kier molecular flexibility index (Phi) is 6.04. The van der Waals surface area contributed by atoms with E-state index in [0.29, 0.717) is 36.5 Å². The van der Waals surface area contributed by atoms with E-state index >= 15 is 0 Å². The Labute approximate surface area is 203 Å². The van der Waals surface area contributed by atoms with Crippen LogP contribution in [0.25, 0.3) is 21.7 Å². The lowest BCUT2D eigenvalue weighted by Crippen LogP contribution is -2.34. The van der Waals surface area contributed by atoms with Crippen molar-refractivity contribution in [3.63, 3.8) is 0 Å². The number of ether oxygens (including phenoxy) is 1. The third kappa shape index (κ3) is 4.40. The minimum absolute atomic E-state index is 0.0290. The number of nitrogens with zero attached hydrogens (tertiary/aromatic N) is 2. The molecule has 1 aliphatic rings. The number of nitrogen functional groups attached to an aromatic ring is 1. The summed E-state index contributed by atoms with van der Waals surface area (Å²) in [5.74, 6) is 0.237. The highest BCUT2D eigenvalue weighted by Crippen LogP contribution is 2.33. The number of anilines is 1. The van der Waals surface area contributed by atoms with Gasteiger partial charge in [0.05, 0.1) is 18.5 Å². The van der Waals surface area contributed by atoms with E-state index in [1.807, 2.05) is 48.5 Å². The number of amides is 1. The second kappa shape index (κ2) is 9.16. The van der Waals surface area contributed by atoms with E-state index in [-0.39, 0.29) is 17.3 Å². The molecule has 3 aromatic carbocycles. The van der Waals surface area contributed by atoms with E-state index in [0.717, 1.165) is 21.9 Å². The summed E-state index contributed by atoms with van der Waals surface area (Å²) in [5.41, 5.74) is 7.55. The van der Waals surface area contributed by atoms with E-state index in [1.165, 1.54) is 13.2 Å². The number of fused-ring (bicyclic) bond motifs is 2. The molecule has 1 saturated heterocycles. The van der Waals surface area contributed by atoms with Gasteiger partial charge in [0.1, 0.15) is 16.5 Å². The summed E-state index contributed by atoms with van der Waals surface area (Å²) in [7, 11) is -2.43. The molecule has 0 bridgehead atoms. The zero-order chi connectivity index (χ0) is 24.6. The molecule has 180 valence electrons. The molecule has 0 aliphatic carbocycles. The highest BCUT2D eigenvalue weighted by molar-refractivity contribution is 7.89. The molecule has 0 saturated carbocycles. The Morgan fingerprint density at radius 3 is 2.71 bits per heavy atom. The minimum Gasteiger partial charge on any atom is -0.495 e. The SMILES string of the molecule is COc1c(S(=O)(=O)NC[C@@H]2CCN(Cc3cccc4nc(N)ccc34)C2=O)ccc2ccccc12. The van der Waals surface area contributed by atoms with E-state index in [1.54, 1.807) is 17.0 Å². The number of aromatic nitrogens is 1. The van der Waals surface area contributed by atoms with Crippen molar-refractivity contribution in [2.45, 2.75) is 17.9 Å². The lowest BCUT2D eigenvalue weighted by Gasteiger charge is -2.18. The van der Waals surface area contributed by atoms with Crippen LogP contribution in [-0.2, 0) is 21.4 Å².